The van der Waals surface area contributed by atoms with Crippen molar-refractivity contribution in [1.82, 2.24) is 14.0 Å². The molecule has 112 valence electrons. The molecule has 0 unspecified atom stereocenters. The fourth-order valence-electron chi connectivity index (χ4n) is 2.73. The van der Waals surface area contributed by atoms with E-state index in [2.05, 4.69) is 9.71 Å². The number of aryl methyl sites for hydroxylation is 1. The number of hydrogen-bond acceptors (Lipinski definition) is 3. The van der Waals surface area contributed by atoms with Gasteiger partial charge in [0.25, 0.3) is 5.91 Å². The summed E-state index contributed by atoms with van der Waals surface area (Å²) in [4.78, 5) is 15.5. The van der Waals surface area contributed by atoms with Crippen LogP contribution in [0.4, 0.5) is 0 Å². The summed E-state index contributed by atoms with van der Waals surface area (Å²) < 4.78 is 27.8. The number of nitrogens with one attached hydrogen (secondary N) is 2. The summed E-state index contributed by atoms with van der Waals surface area (Å²) in [5, 5.41) is 0.726. The number of rotatable bonds is 3. The number of amides is 1. The van der Waals surface area contributed by atoms with Crippen LogP contribution in [0.1, 0.15) is 28.9 Å². The Balaban J connectivity index is 1.92. The van der Waals surface area contributed by atoms with Crippen molar-refractivity contribution in [2.75, 3.05) is 13.1 Å². The number of hydrogen-bond donors (Lipinski definition) is 2. The third kappa shape index (κ3) is 2.54. The van der Waals surface area contributed by atoms with Crippen LogP contribution in [0.25, 0.3) is 10.9 Å². The molecule has 0 spiro atoms. The molecule has 1 aromatic heterocycles. The van der Waals surface area contributed by atoms with Crippen LogP contribution in [0.5, 0.6) is 0 Å². The van der Waals surface area contributed by atoms with Gasteiger partial charge in [-0.25, -0.2) is 4.72 Å². The molecule has 1 amide bonds. The van der Waals surface area contributed by atoms with Crippen molar-refractivity contribution >= 4 is 27.0 Å². The Morgan fingerprint density at radius 2 is 1.90 bits per heavy atom. The highest BCUT2D eigenvalue weighted by Gasteiger charge is 2.28. The number of H-pyrrole nitrogens is 1. The molecule has 1 aliphatic heterocycles. The lowest BCUT2D eigenvalue weighted by Crippen LogP contribution is -2.42. The van der Waals surface area contributed by atoms with Gasteiger partial charge in [0.1, 0.15) is 0 Å². The molecule has 7 heteroatoms. The summed E-state index contributed by atoms with van der Waals surface area (Å²) >= 11 is 0. The minimum Gasteiger partial charge on any atom is -0.358 e. The quantitative estimate of drug-likeness (QED) is 0.902. The highest BCUT2D eigenvalue weighted by molar-refractivity contribution is 7.87. The standard InChI is InChI=1S/C14H17N3O3S/c1-10-13(11-6-2-3-7-12(11)15-10)14(18)16-21(19,20)17-8-4-5-9-17/h2-3,6-7,15H,4-5,8-9H2,1H3,(H,16,18). The van der Waals surface area contributed by atoms with Crippen LogP contribution in [-0.2, 0) is 10.2 Å². The molecular weight excluding hydrogens is 290 g/mol. The molecule has 21 heavy (non-hydrogen) atoms. The van der Waals surface area contributed by atoms with E-state index in [9.17, 15) is 13.2 Å². The largest absolute Gasteiger partial charge is 0.358 e. The lowest BCUT2D eigenvalue weighted by Gasteiger charge is -2.15. The molecule has 1 aromatic carbocycles. The smallest absolute Gasteiger partial charge is 0.304 e. The van der Waals surface area contributed by atoms with Crippen LogP contribution >= 0.6 is 0 Å². The molecule has 2 N–H and O–H groups in total. The van der Waals surface area contributed by atoms with Gasteiger partial charge >= 0.3 is 10.2 Å². The van der Waals surface area contributed by atoms with Gasteiger partial charge in [-0.3, -0.25) is 4.79 Å². The van der Waals surface area contributed by atoms with Crippen molar-refractivity contribution in [3.63, 3.8) is 0 Å². The molecule has 2 aromatic rings. The Morgan fingerprint density at radius 1 is 1.24 bits per heavy atom. The van der Waals surface area contributed by atoms with Gasteiger partial charge in [0.05, 0.1) is 5.56 Å². The number of carbonyl (C=O) groups is 1. The van der Waals surface area contributed by atoms with Gasteiger partial charge in [-0.05, 0) is 25.8 Å². The lowest BCUT2D eigenvalue weighted by atomic mass is 10.1. The Hall–Kier alpha value is -1.86. The lowest BCUT2D eigenvalue weighted by molar-refractivity contribution is 0.0980. The van der Waals surface area contributed by atoms with Gasteiger partial charge in [-0.1, -0.05) is 18.2 Å². The second-order valence-corrected chi connectivity index (χ2v) is 6.88. The van der Waals surface area contributed by atoms with Crippen LogP contribution in [0.2, 0.25) is 0 Å². The molecule has 0 radical (unpaired) electrons. The minimum absolute atomic E-state index is 0.383. The van der Waals surface area contributed by atoms with Crippen LogP contribution < -0.4 is 4.72 Å². The second kappa shape index (κ2) is 5.16. The zero-order valence-corrected chi connectivity index (χ0v) is 12.5. The Morgan fingerprint density at radius 3 is 2.62 bits per heavy atom. The van der Waals surface area contributed by atoms with Crippen LogP contribution in [0, 0.1) is 6.92 Å². The molecule has 0 bridgehead atoms. The predicted octanol–water partition coefficient (Wildman–Crippen LogP) is 1.55. The Kier molecular flexibility index (Phi) is 3.46. The molecular formula is C14H17N3O3S. The summed E-state index contributed by atoms with van der Waals surface area (Å²) in [7, 11) is -3.75. The van der Waals surface area contributed by atoms with E-state index < -0.39 is 16.1 Å². The number of fused-ring (bicyclic) bond motifs is 1. The maximum atomic E-state index is 12.4. The van der Waals surface area contributed by atoms with E-state index in [4.69, 9.17) is 0 Å². The summed E-state index contributed by atoms with van der Waals surface area (Å²) in [6.07, 6.45) is 1.67. The Labute approximate surface area is 123 Å². The summed E-state index contributed by atoms with van der Waals surface area (Å²) in [6.45, 7) is 2.70. The maximum Gasteiger partial charge on any atom is 0.304 e. The monoisotopic (exact) mass is 307 g/mol. The molecule has 1 aliphatic rings. The van der Waals surface area contributed by atoms with Gasteiger partial charge in [-0.2, -0.15) is 12.7 Å². The van der Waals surface area contributed by atoms with Crippen molar-refractivity contribution < 1.29 is 13.2 Å². The van der Waals surface area contributed by atoms with Crippen molar-refractivity contribution in [3.05, 3.63) is 35.5 Å². The predicted molar refractivity (Wildman–Crippen MR) is 80.2 cm³/mol. The zero-order chi connectivity index (χ0) is 15.0. The molecule has 6 nitrogen and oxygen atoms in total. The zero-order valence-electron chi connectivity index (χ0n) is 11.7. The molecule has 2 heterocycles. The van der Waals surface area contributed by atoms with E-state index in [1.165, 1.54) is 4.31 Å². The van der Waals surface area contributed by atoms with Gasteiger partial charge < -0.3 is 4.98 Å². The fourth-order valence-corrected chi connectivity index (χ4v) is 3.93. The summed E-state index contributed by atoms with van der Waals surface area (Å²) in [6, 6.07) is 7.34. The molecule has 3 rings (SSSR count). The van der Waals surface area contributed by atoms with Crippen molar-refractivity contribution in [3.8, 4) is 0 Å². The summed E-state index contributed by atoms with van der Waals surface area (Å²) in [5.74, 6) is -0.586. The fraction of sp³-hybridized carbons (Fsp3) is 0.357. The van der Waals surface area contributed by atoms with Crippen LogP contribution in [-0.4, -0.2) is 36.7 Å². The molecule has 1 saturated heterocycles. The average Bonchev–Trinajstić information content (AvgIpc) is 3.04. The first-order chi connectivity index (χ1) is 9.99. The minimum atomic E-state index is -3.75. The van der Waals surface area contributed by atoms with Gasteiger partial charge in [-0.15, -0.1) is 0 Å². The highest BCUT2D eigenvalue weighted by atomic mass is 32.2. The summed E-state index contributed by atoms with van der Waals surface area (Å²) in [5.41, 5.74) is 1.86. The number of nitrogens with zero attached hydrogens (tertiary/aromatic N) is 1. The van der Waals surface area contributed by atoms with Gasteiger partial charge in [0.2, 0.25) is 0 Å². The molecule has 0 aliphatic carbocycles. The topological polar surface area (TPSA) is 82.3 Å². The van der Waals surface area contributed by atoms with Crippen LogP contribution in [0.15, 0.2) is 24.3 Å². The van der Waals surface area contributed by atoms with Gasteiger partial charge in [0, 0.05) is 29.7 Å². The Bertz CT molecular complexity index is 789. The van der Waals surface area contributed by atoms with Crippen molar-refractivity contribution in [2.24, 2.45) is 0 Å². The van der Waals surface area contributed by atoms with Gasteiger partial charge in [0.15, 0.2) is 0 Å². The van der Waals surface area contributed by atoms with Crippen molar-refractivity contribution in [1.29, 1.82) is 0 Å². The number of aromatic nitrogens is 1. The maximum absolute atomic E-state index is 12.4. The first-order valence-corrected chi connectivity index (χ1v) is 8.32. The number of aromatic amines is 1. The number of para-hydroxylation sites is 1. The third-order valence-corrected chi connectivity index (χ3v) is 5.24. The molecule has 1 fully saturated rings. The van der Waals surface area contributed by atoms with E-state index >= 15 is 0 Å². The third-order valence-electron chi connectivity index (χ3n) is 3.75. The number of carbonyl (C=O) groups excluding carboxylic acids is 1. The average molecular weight is 307 g/mol. The molecule has 0 atom stereocenters. The van der Waals surface area contributed by atoms with E-state index in [1.54, 1.807) is 13.0 Å². The SMILES string of the molecule is Cc1[nH]c2ccccc2c1C(=O)NS(=O)(=O)N1CCCC1. The first kappa shape index (κ1) is 14.1. The van der Waals surface area contributed by atoms with Crippen molar-refractivity contribution in [2.45, 2.75) is 19.8 Å². The van der Waals surface area contributed by atoms with E-state index in [-0.39, 0.29) is 0 Å². The van der Waals surface area contributed by atoms with Crippen LogP contribution in [0.3, 0.4) is 0 Å². The first-order valence-electron chi connectivity index (χ1n) is 6.88. The normalized spacial score (nSPS) is 16.4. The molecule has 0 saturated carbocycles. The van der Waals surface area contributed by atoms with E-state index in [0.717, 1.165) is 23.7 Å². The second-order valence-electron chi connectivity index (χ2n) is 5.21. The van der Waals surface area contributed by atoms with E-state index in [1.807, 2.05) is 18.2 Å². The number of benzene rings is 1. The highest BCUT2D eigenvalue weighted by Crippen LogP contribution is 2.22. The van der Waals surface area contributed by atoms with E-state index in [0.29, 0.717) is 24.3 Å².